The van der Waals surface area contributed by atoms with Gasteiger partial charge in [-0.25, -0.2) is 0 Å². The molecule has 1 saturated heterocycles. The second-order valence-electron chi connectivity index (χ2n) is 6.50. The van der Waals surface area contributed by atoms with E-state index in [2.05, 4.69) is 4.98 Å². The molecule has 2 fully saturated rings. The molecule has 0 radical (unpaired) electrons. The third-order valence-electron chi connectivity index (χ3n) is 5.00. The third kappa shape index (κ3) is 4.09. The van der Waals surface area contributed by atoms with Gasteiger partial charge in [0.05, 0.1) is 12.7 Å². The van der Waals surface area contributed by atoms with Gasteiger partial charge in [0.1, 0.15) is 6.61 Å². The van der Waals surface area contributed by atoms with Gasteiger partial charge in [-0.2, -0.15) is 0 Å². The molecule has 5 heteroatoms. The first-order valence-electron chi connectivity index (χ1n) is 8.64. The Bertz CT molecular complexity index is 508. The lowest BCUT2D eigenvalue weighted by Crippen LogP contribution is -2.35. The number of pyridine rings is 1. The quantitative estimate of drug-likeness (QED) is 0.807. The van der Waals surface area contributed by atoms with E-state index in [4.69, 9.17) is 9.47 Å². The molecule has 3 rings (SSSR count). The average molecular weight is 318 g/mol. The first-order valence-corrected chi connectivity index (χ1v) is 8.64. The third-order valence-corrected chi connectivity index (χ3v) is 5.00. The van der Waals surface area contributed by atoms with E-state index < -0.39 is 0 Å². The fourth-order valence-electron chi connectivity index (χ4n) is 3.80. The zero-order valence-electron chi connectivity index (χ0n) is 13.8. The first-order chi connectivity index (χ1) is 11.3. The molecule has 126 valence electrons. The number of carbonyl (C=O) groups excluding carboxylic acids is 1. The molecule has 1 aliphatic heterocycles. The van der Waals surface area contributed by atoms with Gasteiger partial charge in [-0.3, -0.25) is 9.78 Å². The molecule has 0 bridgehead atoms. The van der Waals surface area contributed by atoms with Crippen LogP contribution >= 0.6 is 0 Å². The van der Waals surface area contributed by atoms with Crippen molar-refractivity contribution in [3.63, 3.8) is 0 Å². The molecule has 23 heavy (non-hydrogen) atoms. The summed E-state index contributed by atoms with van der Waals surface area (Å²) in [5.41, 5.74) is 1.11. The molecular formula is C18H26N2O3. The molecule has 5 nitrogen and oxygen atoms in total. The lowest BCUT2D eigenvalue weighted by atomic mass is 9.79. The maximum atomic E-state index is 12.2. The van der Waals surface area contributed by atoms with Crippen LogP contribution in [-0.4, -0.2) is 48.2 Å². The summed E-state index contributed by atoms with van der Waals surface area (Å²) >= 11 is 0. The Balaban J connectivity index is 1.55. The standard InChI is InChI=1S/C18H26N2O3/c1-2-22-13-18(21)20-10-15-6-3-7-17(16(15)11-20)23-12-14-5-4-8-19-9-14/h4-5,8-9,15-17H,2-3,6-7,10-13H2,1H3/t15-,16-,17?/m1/s1. The largest absolute Gasteiger partial charge is 0.373 e. The van der Waals surface area contributed by atoms with Crippen molar-refractivity contribution in [2.45, 2.75) is 38.9 Å². The molecule has 2 heterocycles. The zero-order valence-corrected chi connectivity index (χ0v) is 13.8. The SMILES string of the molecule is CCOCC(=O)N1C[C@H]2CCCC(OCc3cccnc3)[C@@H]2C1. The highest BCUT2D eigenvalue weighted by molar-refractivity contribution is 5.77. The Labute approximate surface area is 138 Å². The van der Waals surface area contributed by atoms with Crippen molar-refractivity contribution in [2.75, 3.05) is 26.3 Å². The number of hydrogen-bond acceptors (Lipinski definition) is 4. The summed E-state index contributed by atoms with van der Waals surface area (Å²) < 4.78 is 11.4. The van der Waals surface area contributed by atoms with E-state index in [1.165, 1.54) is 12.8 Å². The maximum Gasteiger partial charge on any atom is 0.248 e. The minimum absolute atomic E-state index is 0.118. The van der Waals surface area contributed by atoms with Crippen molar-refractivity contribution in [2.24, 2.45) is 11.8 Å². The van der Waals surface area contributed by atoms with Gasteiger partial charge in [0, 0.05) is 38.0 Å². The van der Waals surface area contributed by atoms with E-state index >= 15 is 0 Å². The number of hydrogen-bond donors (Lipinski definition) is 0. The van der Waals surface area contributed by atoms with Gasteiger partial charge in [-0.05, 0) is 37.3 Å². The lowest BCUT2D eigenvalue weighted by molar-refractivity contribution is -0.135. The van der Waals surface area contributed by atoms with Gasteiger partial charge in [-0.1, -0.05) is 12.5 Å². The van der Waals surface area contributed by atoms with Gasteiger partial charge in [0.2, 0.25) is 5.91 Å². The predicted octanol–water partition coefficient (Wildman–Crippen LogP) is 2.26. The van der Waals surface area contributed by atoms with Crippen molar-refractivity contribution in [3.8, 4) is 0 Å². The van der Waals surface area contributed by atoms with Gasteiger partial charge >= 0.3 is 0 Å². The molecule has 0 spiro atoms. The van der Waals surface area contributed by atoms with Crippen LogP contribution in [0.2, 0.25) is 0 Å². The van der Waals surface area contributed by atoms with Crippen molar-refractivity contribution >= 4 is 5.91 Å². The Morgan fingerprint density at radius 2 is 2.30 bits per heavy atom. The highest BCUT2D eigenvalue weighted by Gasteiger charge is 2.42. The highest BCUT2D eigenvalue weighted by Crippen LogP contribution is 2.38. The molecule has 1 saturated carbocycles. The van der Waals surface area contributed by atoms with Crippen molar-refractivity contribution in [1.29, 1.82) is 0 Å². The summed E-state index contributed by atoms with van der Waals surface area (Å²) in [5.74, 6) is 1.16. The van der Waals surface area contributed by atoms with Crippen molar-refractivity contribution in [1.82, 2.24) is 9.88 Å². The highest BCUT2D eigenvalue weighted by atomic mass is 16.5. The number of aromatic nitrogens is 1. The van der Waals surface area contributed by atoms with Crippen LogP contribution in [0.4, 0.5) is 0 Å². The van der Waals surface area contributed by atoms with Gasteiger partial charge < -0.3 is 14.4 Å². The molecular weight excluding hydrogens is 292 g/mol. The summed E-state index contributed by atoms with van der Waals surface area (Å²) in [6.45, 7) is 4.99. The summed E-state index contributed by atoms with van der Waals surface area (Å²) in [5, 5.41) is 0. The number of ether oxygens (including phenoxy) is 2. The fourth-order valence-corrected chi connectivity index (χ4v) is 3.80. The van der Waals surface area contributed by atoms with E-state index in [1.54, 1.807) is 6.20 Å². The van der Waals surface area contributed by atoms with Crippen LogP contribution in [0, 0.1) is 11.8 Å². The topological polar surface area (TPSA) is 51.7 Å². The van der Waals surface area contributed by atoms with Gasteiger partial charge in [0.15, 0.2) is 0 Å². The van der Waals surface area contributed by atoms with Crippen LogP contribution in [0.5, 0.6) is 0 Å². The van der Waals surface area contributed by atoms with E-state index in [0.29, 0.717) is 25.0 Å². The first kappa shape index (κ1) is 16.4. The molecule has 1 unspecified atom stereocenters. The molecule has 1 amide bonds. The maximum absolute atomic E-state index is 12.2. The normalized spacial score (nSPS) is 27.0. The van der Waals surface area contributed by atoms with Crippen molar-refractivity contribution in [3.05, 3.63) is 30.1 Å². The Hall–Kier alpha value is -1.46. The van der Waals surface area contributed by atoms with E-state index in [1.807, 2.05) is 30.2 Å². The summed E-state index contributed by atoms with van der Waals surface area (Å²) in [4.78, 5) is 18.3. The zero-order chi connectivity index (χ0) is 16.1. The van der Waals surface area contributed by atoms with E-state index in [9.17, 15) is 4.79 Å². The molecule has 1 aliphatic carbocycles. The number of rotatable bonds is 6. The minimum atomic E-state index is 0.118. The van der Waals surface area contributed by atoms with Crippen LogP contribution in [-0.2, 0) is 20.9 Å². The average Bonchev–Trinajstić information content (AvgIpc) is 3.03. The number of amides is 1. The Morgan fingerprint density at radius 1 is 1.39 bits per heavy atom. The molecule has 0 aromatic carbocycles. The van der Waals surface area contributed by atoms with Crippen LogP contribution in [0.3, 0.4) is 0 Å². The molecule has 0 N–H and O–H groups in total. The second-order valence-corrected chi connectivity index (χ2v) is 6.50. The second kappa shape index (κ2) is 7.88. The van der Waals surface area contributed by atoms with Gasteiger partial charge in [0.25, 0.3) is 0 Å². The summed E-state index contributed by atoms with van der Waals surface area (Å²) in [6, 6.07) is 3.98. The Morgan fingerprint density at radius 3 is 3.09 bits per heavy atom. The number of likely N-dealkylation sites (tertiary alicyclic amines) is 1. The number of nitrogens with zero attached hydrogens (tertiary/aromatic N) is 2. The minimum Gasteiger partial charge on any atom is -0.373 e. The number of fused-ring (bicyclic) bond motifs is 1. The lowest BCUT2D eigenvalue weighted by Gasteiger charge is -2.32. The van der Waals surface area contributed by atoms with Gasteiger partial charge in [-0.15, -0.1) is 0 Å². The molecule has 2 aliphatic rings. The van der Waals surface area contributed by atoms with E-state index in [0.717, 1.165) is 25.1 Å². The molecule has 1 aromatic rings. The summed E-state index contributed by atoms with van der Waals surface area (Å²) in [7, 11) is 0. The van der Waals surface area contributed by atoms with Crippen LogP contribution in [0.25, 0.3) is 0 Å². The van der Waals surface area contributed by atoms with Crippen LogP contribution < -0.4 is 0 Å². The van der Waals surface area contributed by atoms with E-state index in [-0.39, 0.29) is 18.6 Å². The monoisotopic (exact) mass is 318 g/mol. The number of carbonyl (C=O) groups is 1. The Kier molecular flexibility index (Phi) is 5.62. The molecule has 3 atom stereocenters. The van der Waals surface area contributed by atoms with Crippen LogP contribution in [0.15, 0.2) is 24.5 Å². The fraction of sp³-hybridized carbons (Fsp3) is 0.667. The van der Waals surface area contributed by atoms with Crippen LogP contribution in [0.1, 0.15) is 31.7 Å². The van der Waals surface area contributed by atoms with Crippen molar-refractivity contribution < 1.29 is 14.3 Å². The molecule has 1 aromatic heterocycles. The summed E-state index contributed by atoms with van der Waals surface area (Å²) in [6.07, 6.45) is 7.36. The predicted molar refractivity (Wildman–Crippen MR) is 86.7 cm³/mol. The smallest absolute Gasteiger partial charge is 0.248 e.